The Labute approximate surface area is 166 Å². The number of benzene rings is 2. The fraction of sp³-hybridized carbons (Fsp3) is 0.286. The highest BCUT2D eigenvalue weighted by atomic mass is 35.5. The molecule has 2 aromatic carbocycles. The standard InChI is InChI=1S/C21H19ClN2O2S/c1-13-6-9-15(10-7-13)24-20(26)16-11-8-14(22)12-17(16)23-21(24)27-19-5-3-2-4-18(19)25/h6-12,19H,2-5H2,1H3. The highest BCUT2D eigenvalue weighted by Gasteiger charge is 2.26. The van der Waals surface area contributed by atoms with Crippen molar-refractivity contribution in [2.45, 2.75) is 43.0 Å². The molecule has 1 unspecified atom stereocenters. The highest BCUT2D eigenvalue weighted by molar-refractivity contribution is 8.00. The van der Waals surface area contributed by atoms with Crippen LogP contribution in [-0.4, -0.2) is 20.6 Å². The summed E-state index contributed by atoms with van der Waals surface area (Å²) in [6, 6.07) is 12.9. The van der Waals surface area contributed by atoms with Crippen molar-refractivity contribution in [2.24, 2.45) is 0 Å². The predicted molar refractivity (Wildman–Crippen MR) is 110 cm³/mol. The number of fused-ring (bicyclic) bond motifs is 1. The summed E-state index contributed by atoms with van der Waals surface area (Å²) in [7, 11) is 0. The maximum Gasteiger partial charge on any atom is 0.266 e. The van der Waals surface area contributed by atoms with Crippen molar-refractivity contribution in [3.05, 3.63) is 63.4 Å². The average Bonchev–Trinajstić information content (AvgIpc) is 2.65. The number of halogens is 1. The van der Waals surface area contributed by atoms with Crippen LogP contribution >= 0.6 is 23.4 Å². The lowest BCUT2D eigenvalue weighted by Gasteiger charge is -2.21. The Balaban J connectivity index is 1.90. The number of rotatable bonds is 3. The normalized spacial score (nSPS) is 17.4. The molecule has 0 amide bonds. The van der Waals surface area contributed by atoms with Gasteiger partial charge in [0.05, 0.1) is 21.8 Å². The van der Waals surface area contributed by atoms with Crippen LogP contribution in [0.5, 0.6) is 0 Å². The lowest BCUT2D eigenvalue weighted by atomic mass is 9.99. The van der Waals surface area contributed by atoms with Gasteiger partial charge in [0.25, 0.3) is 5.56 Å². The molecule has 1 heterocycles. The van der Waals surface area contributed by atoms with Gasteiger partial charge >= 0.3 is 0 Å². The van der Waals surface area contributed by atoms with Gasteiger partial charge in [0.1, 0.15) is 5.78 Å². The van der Waals surface area contributed by atoms with E-state index in [9.17, 15) is 9.59 Å². The van der Waals surface area contributed by atoms with Crippen LogP contribution in [-0.2, 0) is 4.79 Å². The summed E-state index contributed by atoms with van der Waals surface area (Å²) in [5.74, 6) is 0.238. The Hall–Kier alpha value is -2.11. The monoisotopic (exact) mass is 398 g/mol. The average molecular weight is 399 g/mol. The number of aryl methyl sites for hydroxylation is 1. The summed E-state index contributed by atoms with van der Waals surface area (Å²) in [4.78, 5) is 30.3. The SMILES string of the molecule is Cc1ccc(-n2c(SC3CCCCC3=O)nc3cc(Cl)ccc3c2=O)cc1. The van der Waals surface area contributed by atoms with Gasteiger partial charge in [0.15, 0.2) is 5.16 Å². The van der Waals surface area contributed by atoms with Gasteiger partial charge < -0.3 is 0 Å². The summed E-state index contributed by atoms with van der Waals surface area (Å²) < 4.78 is 1.61. The minimum Gasteiger partial charge on any atom is -0.298 e. The number of Topliss-reactive ketones (excluding diaryl/α,β-unsaturated/α-hetero) is 1. The highest BCUT2D eigenvalue weighted by Crippen LogP contribution is 2.32. The number of carbonyl (C=O) groups is 1. The van der Waals surface area contributed by atoms with Crippen molar-refractivity contribution in [3.8, 4) is 5.69 Å². The van der Waals surface area contributed by atoms with Gasteiger partial charge in [-0.1, -0.05) is 47.5 Å². The van der Waals surface area contributed by atoms with E-state index in [1.54, 1.807) is 22.8 Å². The quantitative estimate of drug-likeness (QED) is 0.585. The van der Waals surface area contributed by atoms with Crippen molar-refractivity contribution < 1.29 is 4.79 Å². The van der Waals surface area contributed by atoms with E-state index in [2.05, 4.69) is 0 Å². The lowest BCUT2D eigenvalue weighted by Crippen LogP contribution is -2.26. The maximum absolute atomic E-state index is 13.3. The summed E-state index contributed by atoms with van der Waals surface area (Å²) in [6.45, 7) is 2.00. The molecule has 0 N–H and O–H groups in total. The molecule has 1 fully saturated rings. The Kier molecular flexibility index (Phi) is 5.06. The van der Waals surface area contributed by atoms with E-state index >= 15 is 0 Å². The second kappa shape index (κ2) is 7.49. The first-order valence-electron chi connectivity index (χ1n) is 9.01. The molecule has 138 valence electrons. The number of thioether (sulfide) groups is 1. The van der Waals surface area contributed by atoms with Crippen LogP contribution in [0.2, 0.25) is 5.02 Å². The zero-order valence-electron chi connectivity index (χ0n) is 14.9. The smallest absolute Gasteiger partial charge is 0.266 e. The minimum absolute atomic E-state index is 0.147. The third kappa shape index (κ3) is 3.66. The Morgan fingerprint density at radius 1 is 1.11 bits per heavy atom. The van der Waals surface area contributed by atoms with Gasteiger partial charge in [-0.15, -0.1) is 0 Å². The van der Waals surface area contributed by atoms with E-state index in [0.29, 0.717) is 27.5 Å². The van der Waals surface area contributed by atoms with Crippen LogP contribution in [0, 0.1) is 6.92 Å². The second-order valence-electron chi connectivity index (χ2n) is 6.85. The van der Waals surface area contributed by atoms with Crippen molar-refractivity contribution in [1.29, 1.82) is 0 Å². The van der Waals surface area contributed by atoms with Crippen LogP contribution < -0.4 is 5.56 Å². The Bertz CT molecular complexity index is 1080. The molecule has 3 aromatic rings. The van der Waals surface area contributed by atoms with Gasteiger partial charge in [0.2, 0.25) is 0 Å². The van der Waals surface area contributed by atoms with E-state index < -0.39 is 0 Å². The summed E-state index contributed by atoms with van der Waals surface area (Å²) in [6.07, 6.45) is 3.39. The van der Waals surface area contributed by atoms with E-state index in [1.165, 1.54) is 11.8 Å². The molecule has 0 bridgehead atoms. The van der Waals surface area contributed by atoms with Gasteiger partial charge in [-0.05, 0) is 50.1 Å². The molecule has 1 aliphatic rings. The first kappa shape index (κ1) is 18.3. The second-order valence-corrected chi connectivity index (χ2v) is 8.46. The van der Waals surface area contributed by atoms with Crippen LogP contribution in [0.1, 0.15) is 31.2 Å². The molecule has 0 saturated heterocycles. The van der Waals surface area contributed by atoms with E-state index in [4.69, 9.17) is 16.6 Å². The largest absolute Gasteiger partial charge is 0.298 e. The number of aromatic nitrogens is 2. The zero-order valence-corrected chi connectivity index (χ0v) is 16.5. The van der Waals surface area contributed by atoms with E-state index in [0.717, 1.165) is 30.5 Å². The molecule has 27 heavy (non-hydrogen) atoms. The summed E-state index contributed by atoms with van der Waals surface area (Å²) >= 11 is 7.50. The van der Waals surface area contributed by atoms with Crippen molar-refractivity contribution >= 4 is 40.0 Å². The van der Waals surface area contributed by atoms with Crippen LogP contribution in [0.3, 0.4) is 0 Å². The first-order valence-corrected chi connectivity index (χ1v) is 10.3. The van der Waals surface area contributed by atoms with Crippen LogP contribution in [0.15, 0.2) is 52.4 Å². The molecule has 1 saturated carbocycles. The molecular formula is C21H19ClN2O2S. The number of hydrogen-bond acceptors (Lipinski definition) is 4. The first-order chi connectivity index (χ1) is 13.0. The summed E-state index contributed by atoms with van der Waals surface area (Å²) in [5, 5.41) is 1.43. The molecule has 0 aliphatic heterocycles. The molecule has 4 rings (SSSR count). The van der Waals surface area contributed by atoms with Crippen molar-refractivity contribution in [1.82, 2.24) is 9.55 Å². The summed E-state index contributed by atoms with van der Waals surface area (Å²) in [5.41, 5.74) is 2.28. The molecule has 0 radical (unpaired) electrons. The fourth-order valence-corrected chi connectivity index (χ4v) is 4.74. The topological polar surface area (TPSA) is 52.0 Å². The molecule has 4 nitrogen and oxygen atoms in total. The Morgan fingerprint density at radius 2 is 1.89 bits per heavy atom. The molecule has 1 aliphatic carbocycles. The number of carbonyl (C=O) groups excluding carboxylic acids is 1. The van der Waals surface area contributed by atoms with Crippen LogP contribution in [0.4, 0.5) is 0 Å². The molecule has 1 aromatic heterocycles. The number of nitrogens with zero attached hydrogens (tertiary/aromatic N) is 2. The van der Waals surface area contributed by atoms with Crippen molar-refractivity contribution in [2.75, 3.05) is 0 Å². The number of hydrogen-bond donors (Lipinski definition) is 0. The van der Waals surface area contributed by atoms with Crippen LogP contribution in [0.25, 0.3) is 16.6 Å². The third-order valence-corrected chi connectivity index (χ3v) is 6.34. The van der Waals surface area contributed by atoms with Gasteiger partial charge in [-0.25, -0.2) is 4.98 Å². The predicted octanol–water partition coefficient (Wildman–Crippen LogP) is 4.95. The fourth-order valence-electron chi connectivity index (χ4n) is 3.34. The molecule has 1 atom stereocenters. The third-order valence-electron chi connectivity index (χ3n) is 4.84. The van der Waals surface area contributed by atoms with Gasteiger partial charge in [0, 0.05) is 11.4 Å². The van der Waals surface area contributed by atoms with Crippen molar-refractivity contribution in [3.63, 3.8) is 0 Å². The maximum atomic E-state index is 13.3. The lowest BCUT2D eigenvalue weighted by molar-refractivity contribution is -0.119. The zero-order chi connectivity index (χ0) is 19.0. The number of ketones is 1. The molecule has 6 heteroatoms. The van der Waals surface area contributed by atoms with E-state index in [1.807, 2.05) is 31.2 Å². The minimum atomic E-state index is -0.154. The molecular weight excluding hydrogens is 380 g/mol. The van der Waals surface area contributed by atoms with E-state index in [-0.39, 0.29) is 16.6 Å². The van der Waals surface area contributed by atoms with Gasteiger partial charge in [-0.2, -0.15) is 0 Å². The van der Waals surface area contributed by atoms with Gasteiger partial charge in [-0.3, -0.25) is 14.2 Å². The Morgan fingerprint density at radius 3 is 2.63 bits per heavy atom. The molecule has 0 spiro atoms.